The summed E-state index contributed by atoms with van der Waals surface area (Å²) in [5.41, 5.74) is 1.63. The molecule has 32 heavy (non-hydrogen) atoms. The third kappa shape index (κ3) is 6.47. The highest BCUT2D eigenvalue weighted by Crippen LogP contribution is 2.25. The van der Waals surface area contributed by atoms with E-state index in [1.54, 1.807) is 24.3 Å². The van der Waals surface area contributed by atoms with Crippen LogP contribution in [0.4, 0.5) is 0 Å². The van der Waals surface area contributed by atoms with Crippen LogP contribution in [0.15, 0.2) is 77.7 Å². The van der Waals surface area contributed by atoms with E-state index < -0.39 is 22.0 Å². The molecular formula is C23H21Cl3N2O3S. The number of carbonyl (C=O) groups is 1. The van der Waals surface area contributed by atoms with Crippen molar-refractivity contribution in [3.8, 4) is 0 Å². The topological polar surface area (TPSA) is 75.3 Å². The van der Waals surface area contributed by atoms with Gasteiger partial charge in [0.2, 0.25) is 15.9 Å². The summed E-state index contributed by atoms with van der Waals surface area (Å²) >= 11 is 18.0. The highest BCUT2D eigenvalue weighted by Gasteiger charge is 2.28. The van der Waals surface area contributed by atoms with Crippen LogP contribution in [0.5, 0.6) is 0 Å². The SMILES string of the molecule is C[C@H](NC(=O)[C@H](Cc1ccccc1)NS(=O)(=O)c1cc(Cl)ccc1Cl)c1ccc(Cl)cc1. The number of halogens is 3. The summed E-state index contributed by atoms with van der Waals surface area (Å²) in [5, 5.41) is 3.68. The quantitative estimate of drug-likeness (QED) is 0.424. The second-order valence-corrected chi connectivity index (χ2v) is 10.2. The first-order valence-electron chi connectivity index (χ1n) is 9.73. The molecule has 0 unspecified atom stereocenters. The van der Waals surface area contributed by atoms with Crippen LogP contribution in [0.3, 0.4) is 0 Å². The molecule has 0 aromatic heterocycles. The van der Waals surface area contributed by atoms with Crippen molar-refractivity contribution in [3.63, 3.8) is 0 Å². The van der Waals surface area contributed by atoms with Crippen LogP contribution in [-0.4, -0.2) is 20.4 Å². The zero-order chi connectivity index (χ0) is 23.3. The van der Waals surface area contributed by atoms with Crippen molar-refractivity contribution in [1.29, 1.82) is 0 Å². The number of nitrogens with one attached hydrogen (secondary N) is 2. The molecule has 2 N–H and O–H groups in total. The predicted molar refractivity (Wildman–Crippen MR) is 129 cm³/mol. The van der Waals surface area contributed by atoms with Gasteiger partial charge in [-0.1, -0.05) is 77.3 Å². The van der Waals surface area contributed by atoms with Crippen LogP contribution in [0.25, 0.3) is 0 Å². The number of sulfonamides is 1. The monoisotopic (exact) mass is 510 g/mol. The fraction of sp³-hybridized carbons (Fsp3) is 0.174. The lowest BCUT2D eigenvalue weighted by Gasteiger charge is -2.22. The lowest BCUT2D eigenvalue weighted by Crippen LogP contribution is -2.48. The van der Waals surface area contributed by atoms with E-state index in [-0.39, 0.29) is 27.4 Å². The molecule has 0 aliphatic heterocycles. The number of hydrogen-bond donors (Lipinski definition) is 2. The van der Waals surface area contributed by atoms with Crippen LogP contribution in [0, 0.1) is 0 Å². The number of carbonyl (C=O) groups excluding carboxylic acids is 1. The lowest BCUT2D eigenvalue weighted by atomic mass is 10.0. The molecule has 0 heterocycles. The van der Waals surface area contributed by atoms with E-state index in [1.165, 1.54) is 18.2 Å². The number of benzene rings is 3. The Morgan fingerprint density at radius 1 is 0.906 bits per heavy atom. The van der Waals surface area contributed by atoms with Crippen molar-refractivity contribution in [1.82, 2.24) is 10.0 Å². The van der Waals surface area contributed by atoms with Crippen LogP contribution < -0.4 is 10.0 Å². The van der Waals surface area contributed by atoms with Gasteiger partial charge in [-0.15, -0.1) is 0 Å². The van der Waals surface area contributed by atoms with Crippen LogP contribution in [0.2, 0.25) is 15.1 Å². The molecule has 0 aliphatic carbocycles. The Morgan fingerprint density at radius 2 is 1.53 bits per heavy atom. The van der Waals surface area contributed by atoms with E-state index >= 15 is 0 Å². The average molecular weight is 512 g/mol. The molecule has 1 amide bonds. The number of hydrogen-bond acceptors (Lipinski definition) is 3. The van der Waals surface area contributed by atoms with Crippen LogP contribution in [0.1, 0.15) is 24.1 Å². The zero-order valence-corrected chi connectivity index (χ0v) is 20.1. The van der Waals surface area contributed by atoms with Crippen LogP contribution >= 0.6 is 34.8 Å². The van der Waals surface area contributed by atoms with Crippen molar-refractivity contribution in [2.24, 2.45) is 0 Å². The molecule has 3 aromatic carbocycles. The van der Waals surface area contributed by atoms with Gasteiger partial charge in [-0.3, -0.25) is 4.79 Å². The van der Waals surface area contributed by atoms with Gasteiger partial charge < -0.3 is 5.32 Å². The molecular weight excluding hydrogens is 491 g/mol. The smallest absolute Gasteiger partial charge is 0.242 e. The molecule has 0 bridgehead atoms. The Hall–Kier alpha value is -2.09. The molecule has 0 fully saturated rings. The van der Waals surface area contributed by atoms with Crippen molar-refractivity contribution in [3.05, 3.63) is 99.0 Å². The summed E-state index contributed by atoms with van der Waals surface area (Å²) < 4.78 is 28.6. The second-order valence-electron chi connectivity index (χ2n) is 7.22. The van der Waals surface area contributed by atoms with Crippen molar-refractivity contribution >= 4 is 50.7 Å². The highest BCUT2D eigenvalue weighted by atomic mass is 35.5. The van der Waals surface area contributed by atoms with E-state index in [2.05, 4.69) is 10.0 Å². The first-order valence-corrected chi connectivity index (χ1v) is 12.3. The molecule has 0 radical (unpaired) electrons. The number of amides is 1. The lowest BCUT2D eigenvalue weighted by molar-refractivity contribution is -0.123. The molecule has 3 aromatic rings. The van der Waals surface area contributed by atoms with Gasteiger partial charge in [-0.05, 0) is 54.8 Å². The van der Waals surface area contributed by atoms with E-state index in [0.29, 0.717) is 5.02 Å². The molecule has 0 spiro atoms. The highest BCUT2D eigenvalue weighted by molar-refractivity contribution is 7.89. The molecule has 2 atom stereocenters. The minimum Gasteiger partial charge on any atom is -0.348 e. The first kappa shape index (κ1) is 24.6. The average Bonchev–Trinajstić information content (AvgIpc) is 2.76. The Balaban J connectivity index is 1.86. The van der Waals surface area contributed by atoms with Gasteiger partial charge in [0.05, 0.1) is 11.1 Å². The fourth-order valence-corrected chi connectivity index (χ4v) is 5.20. The summed E-state index contributed by atoms with van der Waals surface area (Å²) in [5.74, 6) is -0.474. The second kappa shape index (κ2) is 10.7. The van der Waals surface area contributed by atoms with Gasteiger partial charge in [0.15, 0.2) is 0 Å². The Labute approximate surface area is 202 Å². The largest absolute Gasteiger partial charge is 0.348 e. The maximum Gasteiger partial charge on any atom is 0.242 e. The summed E-state index contributed by atoms with van der Waals surface area (Å²) in [4.78, 5) is 12.9. The summed E-state index contributed by atoms with van der Waals surface area (Å²) in [7, 11) is -4.13. The third-order valence-electron chi connectivity index (χ3n) is 4.81. The maximum atomic E-state index is 13.1. The van der Waals surface area contributed by atoms with Gasteiger partial charge in [0, 0.05) is 10.0 Å². The Morgan fingerprint density at radius 3 is 2.19 bits per heavy atom. The Bertz CT molecular complexity index is 1190. The number of rotatable bonds is 8. The normalized spacial score (nSPS) is 13.4. The van der Waals surface area contributed by atoms with Gasteiger partial charge in [-0.2, -0.15) is 4.72 Å². The zero-order valence-electron chi connectivity index (χ0n) is 17.1. The van der Waals surface area contributed by atoms with Crippen molar-refractivity contribution in [2.45, 2.75) is 30.3 Å². The standard InChI is InChI=1S/C23H21Cl3N2O3S/c1-15(17-7-9-18(24)10-8-17)27-23(29)21(13-16-5-3-2-4-6-16)28-32(30,31)22-14-19(25)11-12-20(22)26/h2-12,14-15,21,28H,13H2,1H3,(H,27,29)/t15-,21-/m0/s1. The molecule has 0 saturated carbocycles. The summed E-state index contributed by atoms with van der Waals surface area (Å²) in [6.07, 6.45) is 0.150. The minimum atomic E-state index is -4.13. The van der Waals surface area contributed by atoms with E-state index in [1.807, 2.05) is 37.3 Å². The molecule has 3 rings (SSSR count). The minimum absolute atomic E-state index is 0.00954. The predicted octanol–water partition coefficient (Wildman–Crippen LogP) is 5.41. The molecule has 168 valence electrons. The maximum absolute atomic E-state index is 13.1. The molecule has 0 saturated heterocycles. The van der Waals surface area contributed by atoms with Gasteiger partial charge in [0.1, 0.15) is 10.9 Å². The van der Waals surface area contributed by atoms with Gasteiger partial charge in [0.25, 0.3) is 0 Å². The Kier molecular flexibility index (Phi) is 8.20. The first-order chi connectivity index (χ1) is 15.2. The van der Waals surface area contributed by atoms with Crippen molar-refractivity contribution < 1.29 is 13.2 Å². The van der Waals surface area contributed by atoms with E-state index in [0.717, 1.165) is 11.1 Å². The summed E-state index contributed by atoms with van der Waals surface area (Å²) in [6, 6.07) is 18.9. The molecule has 5 nitrogen and oxygen atoms in total. The van der Waals surface area contributed by atoms with E-state index in [9.17, 15) is 13.2 Å². The van der Waals surface area contributed by atoms with Gasteiger partial charge >= 0.3 is 0 Å². The van der Waals surface area contributed by atoms with Gasteiger partial charge in [-0.25, -0.2) is 8.42 Å². The fourth-order valence-electron chi connectivity index (χ4n) is 3.12. The van der Waals surface area contributed by atoms with Crippen molar-refractivity contribution in [2.75, 3.05) is 0 Å². The van der Waals surface area contributed by atoms with E-state index in [4.69, 9.17) is 34.8 Å². The third-order valence-corrected chi connectivity index (χ3v) is 7.25. The van der Waals surface area contributed by atoms with Crippen LogP contribution in [-0.2, 0) is 21.2 Å². The molecule has 0 aliphatic rings. The molecule has 9 heteroatoms. The summed E-state index contributed by atoms with van der Waals surface area (Å²) in [6.45, 7) is 1.81.